The predicted octanol–water partition coefficient (Wildman–Crippen LogP) is 1.14. The van der Waals surface area contributed by atoms with Crippen LogP contribution < -0.4 is 5.32 Å². The summed E-state index contributed by atoms with van der Waals surface area (Å²) in [4.78, 5) is 18.8. The third-order valence-corrected chi connectivity index (χ3v) is 4.34. The van der Waals surface area contributed by atoms with Crippen LogP contribution in [0.15, 0.2) is 12.5 Å². The van der Waals surface area contributed by atoms with Gasteiger partial charge in [0.05, 0.1) is 6.33 Å². The van der Waals surface area contributed by atoms with Crippen molar-refractivity contribution >= 4 is 5.91 Å². The van der Waals surface area contributed by atoms with E-state index >= 15 is 0 Å². The smallest absolute Gasteiger partial charge is 0.245 e. The van der Waals surface area contributed by atoms with E-state index in [-0.39, 0.29) is 11.9 Å². The van der Waals surface area contributed by atoms with E-state index in [0.29, 0.717) is 5.92 Å². The molecule has 1 atom stereocenters. The van der Waals surface area contributed by atoms with Gasteiger partial charge in [0.25, 0.3) is 0 Å². The van der Waals surface area contributed by atoms with E-state index in [4.69, 9.17) is 0 Å². The maximum atomic E-state index is 12.5. The summed E-state index contributed by atoms with van der Waals surface area (Å²) >= 11 is 0. The third kappa shape index (κ3) is 2.39. The number of rotatable bonds is 3. The Balaban J connectivity index is 1.73. The minimum Gasteiger partial charge on any atom is -0.341 e. The zero-order chi connectivity index (χ0) is 13.2. The molecule has 0 bridgehead atoms. The Bertz CT molecular complexity index is 446. The Morgan fingerprint density at radius 3 is 2.74 bits per heavy atom. The minimum absolute atomic E-state index is 0.129. The number of aromatic nitrogens is 2. The van der Waals surface area contributed by atoms with E-state index in [1.807, 2.05) is 18.0 Å². The maximum absolute atomic E-state index is 12.5. The average Bonchev–Trinajstić information content (AvgIpc) is 2.85. The van der Waals surface area contributed by atoms with Gasteiger partial charge in [0.15, 0.2) is 0 Å². The molecular formula is C14H22N4O. The highest BCUT2D eigenvalue weighted by molar-refractivity contribution is 5.80. The topological polar surface area (TPSA) is 50.2 Å². The number of likely N-dealkylation sites (tertiary alicyclic amines) is 1. The molecule has 3 heterocycles. The molecule has 0 aromatic carbocycles. The predicted molar refractivity (Wildman–Crippen MR) is 73.0 cm³/mol. The molecule has 1 aromatic rings. The van der Waals surface area contributed by atoms with Crippen molar-refractivity contribution < 1.29 is 4.79 Å². The van der Waals surface area contributed by atoms with E-state index in [1.54, 1.807) is 6.33 Å². The molecular weight excluding hydrogens is 240 g/mol. The van der Waals surface area contributed by atoms with Gasteiger partial charge in [-0.2, -0.15) is 0 Å². The van der Waals surface area contributed by atoms with Gasteiger partial charge in [-0.3, -0.25) is 4.79 Å². The zero-order valence-electron chi connectivity index (χ0n) is 11.5. The van der Waals surface area contributed by atoms with Crippen molar-refractivity contribution in [2.75, 3.05) is 26.2 Å². The molecule has 19 heavy (non-hydrogen) atoms. The first-order valence-electron chi connectivity index (χ1n) is 7.28. The van der Waals surface area contributed by atoms with Gasteiger partial charge in [0.2, 0.25) is 5.91 Å². The molecule has 1 amide bonds. The van der Waals surface area contributed by atoms with E-state index in [0.717, 1.165) is 39.0 Å². The Morgan fingerprint density at radius 2 is 2.11 bits per heavy atom. The quantitative estimate of drug-likeness (QED) is 0.889. The monoisotopic (exact) mass is 262 g/mol. The van der Waals surface area contributed by atoms with Crippen molar-refractivity contribution in [2.45, 2.75) is 38.1 Å². The highest BCUT2D eigenvalue weighted by atomic mass is 16.2. The van der Waals surface area contributed by atoms with Crippen LogP contribution >= 0.6 is 0 Å². The summed E-state index contributed by atoms with van der Waals surface area (Å²) in [6.45, 7) is 5.82. The Hall–Kier alpha value is -1.36. The first-order valence-corrected chi connectivity index (χ1v) is 7.28. The molecule has 0 saturated carbocycles. The highest BCUT2D eigenvalue weighted by Crippen LogP contribution is 2.24. The van der Waals surface area contributed by atoms with E-state index in [1.165, 1.54) is 12.1 Å². The van der Waals surface area contributed by atoms with E-state index in [9.17, 15) is 4.79 Å². The molecule has 0 aliphatic carbocycles. The van der Waals surface area contributed by atoms with Crippen LogP contribution in [-0.2, 0) is 4.79 Å². The van der Waals surface area contributed by atoms with Crippen LogP contribution in [0.2, 0.25) is 0 Å². The highest BCUT2D eigenvalue weighted by Gasteiger charge is 2.28. The molecule has 2 fully saturated rings. The van der Waals surface area contributed by atoms with Gasteiger partial charge in [0.1, 0.15) is 6.04 Å². The van der Waals surface area contributed by atoms with Gasteiger partial charge in [-0.15, -0.1) is 0 Å². The second-order valence-corrected chi connectivity index (χ2v) is 5.64. The lowest BCUT2D eigenvalue weighted by molar-refractivity contribution is -0.135. The Labute approximate surface area is 114 Å². The van der Waals surface area contributed by atoms with Crippen LogP contribution in [0.25, 0.3) is 0 Å². The standard InChI is InChI=1S/C14H22N4O/c1-11(14(19)17-5-3-2-4-6-17)18-10-16-9-13(18)12-7-15-8-12/h9-12,15H,2-8H2,1H3. The summed E-state index contributed by atoms with van der Waals surface area (Å²) in [5.41, 5.74) is 1.19. The molecule has 5 heteroatoms. The molecule has 0 radical (unpaired) electrons. The van der Waals surface area contributed by atoms with E-state index in [2.05, 4.69) is 14.9 Å². The summed E-state index contributed by atoms with van der Waals surface area (Å²) in [5.74, 6) is 0.755. The van der Waals surface area contributed by atoms with E-state index < -0.39 is 0 Å². The number of imidazole rings is 1. The Morgan fingerprint density at radius 1 is 1.37 bits per heavy atom. The van der Waals surface area contributed by atoms with Crippen molar-refractivity contribution in [1.82, 2.24) is 19.8 Å². The summed E-state index contributed by atoms with van der Waals surface area (Å²) in [7, 11) is 0. The molecule has 3 rings (SSSR count). The van der Waals surface area contributed by atoms with Crippen molar-refractivity contribution in [1.29, 1.82) is 0 Å². The molecule has 1 N–H and O–H groups in total. The SMILES string of the molecule is CC(C(=O)N1CCCCC1)n1cncc1C1CNC1. The van der Waals surface area contributed by atoms with Crippen LogP contribution in [0.5, 0.6) is 0 Å². The van der Waals surface area contributed by atoms with Crippen molar-refractivity contribution in [3.63, 3.8) is 0 Å². The molecule has 1 unspecified atom stereocenters. The molecule has 0 spiro atoms. The number of hydrogen-bond donors (Lipinski definition) is 1. The number of nitrogens with one attached hydrogen (secondary N) is 1. The molecule has 5 nitrogen and oxygen atoms in total. The van der Waals surface area contributed by atoms with Gasteiger partial charge in [-0.1, -0.05) is 0 Å². The van der Waals surface area contributed by atoms with Crippen molar-refractivity contribution in [3.8, 4) is 0 Å². The van der Waals surface area contributed by atoms with Crippen molar-refractivity contribution in [3.05, 3.63) is 18.2 Å². The summed E-state index contributed by atoms with van der Waals surface area (Å²) < 4.78 is 2.06. The number of piperidine rings is 1. The number of carbonyl (C=O) groups excluding carboxylic acids is 1. The molecule has 2 aliphatic rings. The number of hydrogen-bond acceptors (Lipinski definition) is 3. The van der Waals surface area contributed by atoms with Crippen molar-refractivity contribution in [2.24, 2.45) is 0 Å². The van der Waals surface area contributed by atoms with Gasteiger partial charge in [0, 0.05) is 44.0 Å². The van der Waals surface area contributed by atoms with Crippen LogP contribution in [0.1, 0.15) is 43.8 Å². The fraction of sp³-hybridized carbons (Fsp3) is 0.714. The fourth-order valence-corrected chi connectivity index (χ4v) is 2.95. The molecule has 1 aromatic heterocycles. The summed E-state index contributed by atoms with van der Waals surface area (Å²) in [6.07, 6.45) is 7.25. The Kier molecular flexibility index (Phi) is 3.55. The van der Waals surface area contributed by atoms with Gasteiger partial charge in [-0.05, 0) is 26.2 Å². The third-order valence-electron chi connectivity index (χ3n) is 4.34. The van der Waals surface area contributed by atoms with Gasteiger partial charge in [-0.25, -0.2) is 4.98 Å². The number of nitrogens with zero attached hydrogens (tertiary/aromatic N) is 3. The van der Waals surface area contributed by atoms with Gasteiger partial charge >= 0.3 is 0 Å². The second-order valence-electron chi connectivity index (χ2n) is 5.64. The minimum atomic E-state index is -0.129. The number of amides is 1. The van der Waals surface area contributed by atoms with Crippen LogP contribution in [-0.4, -0.2) is 46.5 Å². The fourth-order valence-electron chi connectivity index (χ4n) is 2.95. The lowest BCUT2D eigenvalue weighted by Gasteiger charge is -2.32. The summed E-state index contributed by atoms with van der Waals surface area (Å²) in [5, 5.41) is 3.27. The first kappa shape index (κ1) is 12.7. The molecule has 2 aliphatic heterocycles. The van der Waals surface area contributed by atoms with Gasteiger partial charge < -0.3 is 14.8 Å². The first-order chi connectivity index (χ1) is 9.27. The van der Waals surface area contributed by atoms with Crippen LogP contribution in [0.4, 0.5) is 0 Å². The number of carbonyl (C=O) groups is 1. The largest absolute Gasteiger partial charge is 0.341 e. The maximum Gasteiger partial charge on any atom is 0.245 e. The average molecular weight is 262 g/mol. The second kappa shape index (κ2) is 5.33. The lowest BCUT2D eigenvalue weighted by Crippen LogP contribution is -2.43. The normalized spacial score (nSPS) is 22.1. The van der Waals surface area contributed by atoms with Crippen LogP contribution in [0, 0.1) is 0 Å². The molecule has 2 saturated heterocycles. The lowest BCUT2D eigenvalue weighted by atomic mass is 9.99. The zero-order valence-corrected chi connectivity index (χ0v) is 11.5. The molecule has 104 valence electrons. The summed E-state index contributed by atoms with van der Waals surface area (Å²) in [6, 6.07) is -0.129. The van der Waals surface area contributed by atoms with Crippen LogP contribution in [0.3, 0.4) is 0 Å².